The normalized spacial score (nSPS) is 13.3. The van der Waals surface area contributed by atoms with Gasteiger partial charge in [0.15, 0.2) is 0 Å². The fourth-order valence-electron chi connectivity index (χ4n) is 1.06. The molecule has 0 spiro atoms. The molecule has 12 heavy (non-hydrogen) atoms. The van der Waals surface area contributed by atoms with Crippen LogP contribution in [0.15, 0.2) is 6.20 Å². The average molecular weight is 231 g/mol. The molecule has 0 aliphatic heterocycles. The molecule has 3 heteroatoms. The standard InChI is InChI=1S/C9H15BrN2/c1-4-7(2)12-6-9(5-10)8(3)11-12/h6-7H,4-5H2,1-3H3. The van der Waals surface area contributed by atoms with Crippen LogP contribution in [0.2, 0.25) is 0 Å². The summed E-state index contributed by atoms with van der Waals surface area (Å²) in [5.41, 5.74) is 2.42. The van der Waals surface area contributed by atoms with Gasteiger partial charge >= 0.3 is 0 Å². The minimum atomic E-state index is 0.511. The first-order valence-electron chi connectivity index (χ1n) is 4.29. The van der Waals surface area contributed by atoms with Gasteiger partial charge in [0.2, 0.25) is 0 Å². The monoisotopic (exact) mass is 230 g/mol. The lowest BCUT2D eigenvalue weighted by Crippen LogP contribution is -2.03. The molecular formula is C9H15BrN2. The third kappa shape index (κ3) is 1.89. The molecule has 0 saturated carbocycles. The van der Waals surface area contributed by atoms with Crippen LogP contribution in [0.25, 0.3) is 0 Å². The zero-order valence-corrected chi connectivity index (χ0v) is 9.43. The number of hydrogen-bond donors (Lipinski definition) is 0. The Hall–Kier alpha value is -0.310. The minimum Gasteiger partial charge on any atom is -0.269 e. The second-order valence-corrected chi connectivity index (χ2v) is 3.67. The van der Waals surface area contributed by atoms with Crippen LogP contribution < -0.4 is 0 Å². The Morgan fingerprint density at radius 2 is 2.33 bits per heavy atom. The molecule has 68 valence electrons. The summed E-state index contributed by atoms with van der Waals surface area (Å²) in [6.45, 7) is 6.41. The molecule has 1 rings (SSSR count). The van der Waals surface area contributed by atoms with Gasteiger partial charge in [-0.05, 0) is 20.3 Å². The van der Waals surface area contributed by atoms with E-state index in [1.54, 1.807) is 0 Å². The third-order valence-electron chi connectivity index (χ3n) is 2.20. The molecule has 0 N–H and O–H groups in total. The molecule has 1 aromatic heterocycles. The number of aryl methyl sites for hydroxylation is 1. The predicted molar refractivity (Wildman–Crippen MR) is 54.6 cm³/mol. The summed E-state index contributed by atoms with van der Waals surface area (Å²) in [6.07, 6.45) is 3.25. The van der Waals surface area contributed by atoms with E-state index in [4.69, 9.17) is 0 Å². The topological polar surface area (TPSA) is 17.8 Å². The number of rotatable bonds is 3. The van der Waals surface area contributed by atoms with Crippen molar-refractivity contribution < 1.29 is 0 Å². The number of aromatic nitrogens is 2. The maximum Gasteiger partial charge on any atom is 0.0634 e. The zero-order valence-electron chi connectivity index (χ0n) is 7.84. The van der Waals surface area contributed by atoms with Crippen molar-refractivity contribution in [1.82, 2.24) is 9.78 Å². The Labute approximate surface area is 82.1 Å². The largest absolute Gasteiger partial charge is 0.269 e. The number of alkyl halides is 1. The lowest BCUT2D eigenvalue weighted by atomic mass is 10.3. The quantitative estimate of drug-likeness (QED) is 0.731. The summed E-state index contributed by atoms with van der Waals surface area (Å²) < 4.78 is 2.05. The maximum atomic E-state index is 4.44. The van der Waals surface area contributed by atoms with E-state index in [0.29, 0.717) is 6.04 Å². The van der Waals surface area contributed by atoms with Gasteiger partial charge in [-0.15, -0.1) is 0 Å². The van der Waals surface area contributed by atoms with Gasteiger partial charge in [0.05, 0.1) is 5.69 Å². The summed E-state index contributed by atoms with van der Waals surface area (Å²) in [5.74, 6) is 0. The Bertz CT molecular complexity index is 255. The van der Waals surface area contributed by atoms with Crippen molar-refractivity contribution in [2.75, 3.05) is 0 Å². The molecule has 0 aliphatic rings. The van der Waals surface area contributed by atoms with E-state index < -0.39 is 0 Å². The van der Waals surface area contributed by atoms with Crippen LogP contribution in [-0.4, -0.2) is 9.78 Å². The first-order valence-corrected chi connectivity index (χ1v) is 5.41. The Morgan fingerprint density at radius 3 is 2.75 bits per heavy atom. The van der Waals surface area contributed by atoms with Crippen molar-refractivity contribution in [3.8, 4) is 0 Å². The van der Waals surface area contributed by atoms with Crippen molar-refractivity contribution in [1.29, 1.82) is 0 Å². The SMILES string of the molecule is CCC(C)n1cc(CBr)c(C)n1. The molecule has 0 aromatic carbocycles. The van der Waals surface area contributed by atoms with E-state index in [1.807, 2.05) is 4.68 Å². The molecule has 2 nitrogen and oxygen atoms in total. The molecule has 1 atom stereocenters. The highest BCUT2D eigenvalue weighted by molar-refractivity contribution is 9.08. The molecule has 0 aliphatic carbocycles. The van der Waals surface area contributed by atoms with E-state index in [-0.39, 0.29) is 0 Å². The summed E-state index contributed by atoms with van der Waals surface area (Å²) >= 11 is 3.44. The van der Waals surface area contributed by atoms with Crippen molar-refractivity contribution in [3.63, 3.8) is 0 Å². The molecule has 0 amide bonds. The van der Waals surface area contributed by atoms with Gasteiger partial charge in [0, 0.05) is 23.1 Å². The van der Waals surface area contributed by atoms with E-state index in [2.05, 4.69) is 48.0 Å². The molecule has 1 aromatic rings. The van der Waals surface area contributed by atoms with Gasteiger partial charge in [0.1, 0.15) is 0 Å². The minimum absolute atomic E-state index is 0.511. The lowest BCUT2D eigenvalue weighted by Gasteiger charge is -2.07. The second kappa shape index (κ2) is 4.08. The van der Waals surface area contributed by atoms with Crippen LogP contribution in [0, 0.1) is 6.92 Å². The molecular weight excluding hydrogens is 216 g/mol. The van der Waals surface area contributed by atoms with Crippen molar-refractivity contribution >= 4 is 15.9 Å². The first kappa shape index (κ1) is 9.78. The van der Waals surface area contributed by atoms with Crippen LogP contribution in [0.4, 0.5) is 0 Å². The molecule has 0 bridgehead atoms. The molecule has 0 saturated heterocycles. The van der Waals surface area contributed by atoms with Gasteiger partial charge in [-0.1, -0.05) is 22.9 Å². The average Bonchev–Trinajstić information content (AvgIpc) is 2.45. The Morgan fingerprint density at radius 1 is 1.67 bits per heavy atom. The summed E-state index contributed by atoms with van der Waals surface area (Å²) in [6, 6.07) is 0.511. The van der Waals surface area contributed by atoms with E-state index in [0.717, 1.165) is 17.4 Å². The fourth-order valence-corrected chi connectivity index (χ4v) is 1.61. The van der Waals surface area contributed by atoms with E-state index in [9.17, 15) is 0 Å². The van der Waals surface area contributed by atoms with Gasteiger partial charge in [-0.2, -0.15) is 5.10 Å². The van der Waals surface area contributed by atoms with Crippen LogP contribution in [0.5, 0.6) is 0 Å². The molecule has 1 heterocycles. The predicted octanol–water partition coefficient (Wildman–Crippen LogP) is 3.06. The van der Waals surface area contributed by atoms with Gasteiger partial charge in [0.25, 0.3) is 0 Å². The van der Waals surface area contributed by atoms with Gasteiger partial charge < -0.3 is 0 Å². The number of halogens is 1. The molecule has 0 radical (unpaired) electrons. The van der Waals surface area contributed by atoms with Crippen LogP contribution >= 0.6 is 15.9 Å². The van der Waals surface area contributed by atoms with Gasteiger partial charge in [-0.25, -0.2) is 0 Å². The van der Waals surface area contributed by atoms with E-state index >= 15 is 0 Å². The lowest BCUT2D eigenvalue weighted by molar-refractivity contribution is 0.475. The third-order valence-corrected chi connectivity index (χ3v) is 2.81. The van der Waals surface area contributed by atoms with Crippen LogP contribution in [-0.2, 0) is 5.33 Å². The summed E-state index contributed by atoms with van der Waals surface area (Å²) in [4.78, 5) is 0. The van der Waals surface area contributed by atoms with Crippen LogP contribution in [0.3, 0.4) is 0 Å². The smallest absolute Gasteiger partial charge is 0.0634 e. The summed E-state index contributed by atoms with van der Waals surface area (Å²) in [7, 11) is 0. The first-order chi connectivity index (χ1) is 5.69. The van der Waals surface area contributed by atoms with Crippen molar-refractivity contribution in [2.24, 2.45) is 0 Å². The maximum absolute atomic E-state index is 4.44. The number of hydrogen-bond acceptors (Lipinski definition) is 1. The second-order valence-electron chi connectivity index (χ2n) is 3.11. The van der Waals surface area contributed by atoms with E-state index in [1.165, 1.54) is 5.56 Å². The van der Waals surface area contributed by atoms with Crippen molar-refractivity contribution in [3.05, 3.63) is 17.5 Å². The Kier molecular flexibility index (Phi) is 3.32. The summed E-state index contributed by atoms with van der Waals surface area (Å²) in [5, 5.41) is 5.34. The van der Waals surface area contributed by atoms with Gasteiger partial charge in [-0.3, -0.25) is 4.68 Å². The van der Waals surface area contributed by atoms with Crippen molar-refractivity contribution in [2.45, 2.75) is 38.6 Å². The fraction of sp³-hybridized carbons (Fsp3) is 0.667. The highest BCUT2D eigenvalue weighted by Gasteiger charge is 2.06. The zero-order chi connectivity index (χ0) is 9.14. The number of nitrogens with zero attached hydrogens (tertiary/aromatic N) is 2. The molecule has 1 unspecified atom stereocenters. The molecule has 0 fully saturated rings. The Balaban J connectivity index is 2.88. The highest BCUT2D eigenvalue weighted by Crippen LogP contribution is 2.15. The van der Waals surface area contributed by atoms with Crippen LogP contribution in [0.1, 0.15) is 37.6 Å². The highest BCUT2D eigenvalue weighted by atomic mass is 79.9.